The highest BCUT2D eigenvalue weighted by molar-refractivity contribution is 6.38. The van der Waals surface area contributed by atoms with Gasteiger partial charge in [0.05, 0.1) is 5.52 Å². The Kier molecular flexibility index (Phi) is 7.98. The van der Waals surface area contributed by atoms with Gasteiger partial charge in [-0.15, -0.1) is 0 Å². The fourth-order valence-corrected chi connectivity index (χ4v) is 3.65. The summed E-state index contributed by atoms with van der Waals surface area (Å²) in [7, 11) is 1.54. The Balaban J connectivity index is 1.87. The highest BCUT2D eigenvalue weighted by atomic mass is 35.5. The number of methoxy groups -OCH3 is 1. The van der Waals surface area contributed by atoms with E-state index in [4.69, 9.17) is 39.5 Å². The summed E-state index contributed by atoms with van der Waals surface area (Å²) in [5.74, 6) is -2.34. The zero-order chi connectivity index (χ0) is 23.3. The second-order valence-electron chi connectivity index (χ2n) is 6.72. The Bertz CT molecular complexity index is 1160. The number of rotatable bonds is 7. The maximum Gasteiger partial charge on any atom is 0.328 e. The van der Waals surface area contributed by atoms with Crippen molar-refractivity contribution in [1.29, 1.82) is 0 Å². The lowest BCUT2D eigenvalue weighted by Crippen LogP contribution is -2.40. The molecule has 0 spiro atoms. The summed E-state index contributed by atoms with van der Waals surface area (Å²) in [5, 5.41) is 6.90. The summed E-state index contributed by atoms with van der Waals surface area (Å²) < 4.78 is 6.13. The first-order chi connectivity index (χ1) is 15.3. The number of halogens is 3. The second kappa shape index (κ2) is 10.7. The molecular weight excluding hydrogens is 479 g/mol. The molecule has 0 fully saturated rings. The van der Waals surface area contributed by atoms with Crippen LogP contribution in [0.2, 0.25) is 15.1 Å². The van der Waals surface area contributed by atoms with Crippen LogP contribution in [0, 0.1) is 0 Å². The van der Waals surface area contributed by atoms with Crippen molar-refractivity contribution in [3.05, 3.63) is 63.2 Å². The molecule has 3 rings (SSSR count). The molecule has 0 unspecified atom stereocenters. The molecule has 0 aliphatic heterocycles. The summed E-state index contributed by atoms with van der Waals surface area (Å²) in [6.07, 6.45) is 0.552. The number of hydrogen-bond donors (Lipinski definition) is 3. The van der Waals surface area contributed by atoms with E-state index in [1.807, 2.05) is 0 Å². The van der Waals surface area contributed by atoms with Crippen LogP contribution in [-0.2, 0) is 14.3 Å². The average molecular weight is 498 g/mol. The lowest BCUT2D eigenvalue weighted by atomic mass is 10.2. The van der Waals surface area contributed by atoms with E-state index < -0.39 is 17.7 Å². The lowest BCUT2D eigenvalue weighted by molar-refractivity contribution is -0.136. The van der Waals surface area contributed by atoms with Gasteiger partial charge in [0, 0.05) is 46.4 Å². The maximum atomic E-state index is 13.0. The Hall–Kier alpha value is -2.78. The van der Waals surface area contributed by atoms with Gasteiger partial charge in [-0.3, -0.25) is 19.8 Å². The second-order valence-corrected chi connectivity index (χ2v) is 8.03. The largest absolute Gasteiger partial charge is 0.385 e. The predicted molar refractivity (Wildman–Crippen MR) is 125 cm³/mol. The van der Waals surface area contributed by atoms with E-state index in [9.17, 15) is 14.4 Å². The molecule has 1 heterocycles. The molecule has 0 bridgehead atoms. The van der Waals surface area contributed by atoms with Crippen LogP contribution in [0.3, 0.4) is 0 Å². The first kappa shape index (κ1) is 23.9. The van der Waals surface area contributed by atoms with Crippen molar-refractivity contribution in [2.24, 2.45) is 0 Å². The van der Waals surface area contributed by atoms with Gasteiger partial charge in [0.2, 0.25) is 0 Å². The number of benzene rings is 2. The van der Waals surface area contributed by atoms with Gasteiger partial charge >= 0.3 is 11.8 Å². The van der Waals surface area contributed by atoms with E-state index in [-0.39, 0.29) is 12.2 Å². The number of aromatic nitrogens is 1. The summed E-state index contributed by atoms with van der Waals surface area (Å²) in [6, 6.07) is 11.0. The molecule has 11 heteroatoms. The molecule has 2 aromatic carbocycles. The maximum absolute atomic E-state index is 13.0. The smallest absolute Gasteiger partial charge is 0.328 e. The van der Waals surface area contributed by atoms with Crippen molar-refractivity contribution in [1.82, 2.24) is 9.99 Å². The molecule has 0 aliphatic rings. The van der Waals surface area contributed by atoms with E-state index in [0.717, 1.165) is 0 Å². The number of amides is 3. The van der Waals surface area contributed by atoms with Gasteiger partial charge in [-0.05, 0) is 48.9 Å². The van der Waals surface area contributed by atoms with Crippen molar-refractivity contribution < 1.29 is 19.1 Å². The minimum absolute atomic E-state index is 0.0684. The van der Waals surface area contributed by atoms with Gasteiger partial charge in [0.1, 0.15) is 5.69 Å². The van der Waals surface area contributed by atoms with Crippen molar-refractivity contribution >= 4 is 69.1 Å². The van der Waals surface area contributed by atoms with Crippen LogP contribution in [0.25, 0.3) is 10.9 Å². The molecule has 0 saturated heterocycles. The van der Waals surface area contributed by atoms with Crippen LogP contribution in [0.1, 0.15) is 16.9 Å². The summed E-state index contributed by atoms with van der Waals surface area (Å²) in [6.45, 7) is 0.716. The fourth-order valence-electron chi connectivity index (χ4n) is 2.95. The van der Waals surface area contributed by atoms with Gasteiger partial charge < -0.3 is 15.4 Å². The SMILES string of the molecule is COCCCNC(=O)C(=O)Nn1c(C(=O)Nc2cc(Cl)cc(Cl)c2)cc2cc(Cl)ccc21. The third kappa shape index (κ3) is 5.92. The van der Waals surface area contributed by atoms with E-state index in [0.29, 0.717) is 44.7 Å². The Morgan fingerprint density at radius 3 is 2.34 bits per heavy atom. The van der Waals surface area contributed by atoms with E-state index >= 15 is 0 Å². The van der Waals surface area contributed by atoms with Crippen LogP contribution in [0.5, 0.6) is 0 Å². The number of fused-ring (bicyclic) bond motifs is 1. The summed E-state index contributed by atoms with van der Waals surface area (Å²) >= 11 is 18.0. The van der Waals surface area contributed by atoms with Crippen LogP contribution in [0.4, 0.5) is 5.69 Å². The molecule has 3 N–H and O–H groups in total. The van der Waals surface area contributed by atoms with Crippen molar-refractivity contribution in [2.45, 2.75) is 6.42 Å². The number of nitrogens with zero attached hydrogens (tertiary/aromatic N) is 1. The monoisotopic (exact) mass is 496 g/mol. The Morgan fingerprint density at radius 1 is 0.938 bits per heavy atom. The third-order valence-electron chi connectivity index (χ3n) is 4.35. The van der Waals surface area contributed by atoms with Crippen molar-refractivity contribution in [3.8, 4) is 0 Å². The van der Waals surface area contributed by atoms with Crippen LogP contribution in [-0.4, -0.2) is 42.7 Å². The first-order valence-electron chi connectivity index (χ1n) is 9.45. The number of carbonyl (C=O) groups excluding carboxylic acids is 3. The van der Waals surface area contributed by atoms with Gasteiger partial charge in [0.25, 0.3) is 5.91 Å². The number of ether oxygens (including phenoxy) is 1. The van der Waals surface area contributed by atoms with Gasteiger partial charge in [-0.25, -0.2) is 4.68 Å². The quantitative estimate of drug-likeness (QED) is 0.338. The normalized spacial score (nSPS) is 10.8. The zero-order valence-electron chi connectivity index (χ0n) is 16.9. The Labute approximate surface area is 198 Å². The van der Waals surface area contributed by atoms with Gasteiger partial charge in [-0.1, -0.05) is 34.8 Å². The lowest BCUT2D eigenvalue weighted by Gasteiger charge is -2.13. The van der Waals surface area contributed by atoms with Gasteiger partial charge in [0.15, 0.2) is 0 Å². The Morgan fingerprint density at radius 2 is 1.66 bits per heavy atom. The van der Waals surface area contributed by atoms with Crippen LogP contribution >= 0.6 is 34.8 Å². The standard InChI is InChI=1S/C21H19Cl3N4O4/c1-32-6-2-5-25-20(30)21(31)27-28-17-4-3-13(22)7-12(17)8-18(28)19(29)26-16-10-14(23)9-15(24)11-16/h3-4,7-11H,2,5-6H2,1H3,(H,25,30)(H,26,29)(H,27,31). The van der Waals surface area contributed by atoms with Crippen molar-refractivity contribution in [3.63, 3.8) is 0 Å². The number of nitrogens with one attached hydrogen (secondary N) is 3. The van der Waals surface area contributed by atoms with Crippen molar-refractivity contribution in [2.75, 3.05) is 31.0 Å². The minimum Gasteiger partial charge on any atom is -0.385 e. The molecule has 3 amide bonds. The highest BCUT2D eigenvalue weighted by Crippen LogP contribution is 2.25. The molecule has 8 nitrogen and oxygen atoms in total. The van der Waals surface area contributed by atoms with E-state index in [2.05, 4.69) is 16.1 Å². The molecule has 0 atom stereocenters. The predicted octanol–water partition coefficient (Wildman–Crippen LogP) is 4.08. The third-order valence-corrected chi connectivity index (χ3v) is 5.02. The number of carbonyl (C=O) groups is 3. The molecule has 0 aliphatic carbocycles. The molecule has 3 aromatic rings. The number of hydrogen-bond acceptors (Lipinski definition) is 4. The summed E-state index contributed by atoms with van der Waals surface area (Å²) in [5.41, 5.74) is 3.37. The highest BCUT2D eigenvalue weighted by Gasteiger charge is 2.21. The molecule has 32 heavy (non-hydrogen) atoms. The minimum atomic E-state index is -0.935. The average Bonchev–Trinajstić information content (AvgIpc) is 3.07. The van der Waals surface area contributed by atoms with E-state index in [1.54, 1.807) is 31.4 Å². The van der Waals surface area contributed by atoms with Crippen LogP contribution < -0.4 is 16.1 Å². The molecule has 0 radical (unpaired) electrons. The topological polar surface area (TPSA) is 101 Å². The molecule has 0 saturated carbocycles. The number of anilines is 1. The van der Waals surface area contributed by atoms with E-state index in [1.165, 1.54) is 22.9 Å². The zero-order valence-corrected chi connectivity index (χ0v) is 19.1. The molecule has 1 aromatic heterocycles. The molecular formula is C21H19Cl3N4O4. The van der Waals surface area contributed by atoms with Gasteiger partial charge in [-0.2, -0.15) is 0 Å². The van der Waals surface area contributed by atoms with Crippen LogP contribution in [0.15, 0.2) is 42.5 Å². The fraction of sp³-hybridized carbons (Fsp3) is 0.190. The first-order valence-corrected chi connectivity index (χ1v) is 10.6. The summed E-state index contributed by atoms with van der Waals surface area (Å²) in [4.78, 5) is 37.6. The molecule has 168 valence electrons.